The van der Waals surface area contributed by atoms with Gasteiger partial charge in [0, 0.05) is 20.5 Å². The van der Waals surface area contributed by atoms with Crippen molar-refractivity contribution in [2.24, 2.45) is 5.92 Å². The second kappa shape index (κ2) is 6.40. The Bertz CT molecular complexity index is 229. The molecule has 0 aromatic heterocycles. The minimum absolute atomic E-state index is 0.0811. The SMILES string of the molecule is CCN(C(C)=O)C(C(=O)NNC)C(C)C. The summed E-state index contributed by atoms with van der Waals surface area (Å²) in [5, 5.41) is 0. The molecule has 0 aliphatic carbocycles. The summed E-state index contributed by atoms with van der Waals surface area (Å²) in [6.07, 6.45) is 0. The molecule has 0 spiro atoms. The summed E-state index contributed by atoms with van der Waals surface area (Å²) in [6.45, 7) is 7.72. The average molecular weight is 215 g/mol. The van der Waals surface area contributed by atoms with Crippen LogP contribution in [0.25, 0.3) is 0 Å². The lowest BCUT2D eigenvalue weighted by atomic mass is 10.0. The Kier molecular flexibility index (Phi) is 5.93. The number of likely N-dealkylation sites (N-methyl/N-ethyl adjacent to an activating group) is 1. The monoisotopic (exact) mass is 215 g/mol. The van der Waals surface area contributed by atoms with Crippen molar-refractivity contribution in [3.05, 3.63) is 0 Å². The summed E-state index contributed by atoms with van der Waals surface area (Å²) in [5.74, 6) is -0.172. The molecule has 5 nitrogen and oxygen atoms in total. The van der Waals surface area contributed by atoms with Gasteiger partial charge >= 0.3 is 0 Å². The third-order valence-electron chi connectivity index (χ3n) is 2.23. The van der Waals surface area contributed by atoms with Crippen molar-refractivity contribution in [1.82, 2.24) is 15.8 Å². The maximum Gasteiger partial charge on any atom is 0.257 e. The van der Waals surface area contributed by atoms with E-state index in [-0.39, 0.29) is 17.7 Å². The first-order valence-electron chi connectivity index (χ1n) is 5.19. The zero-order valence-electron chi connectivity index (χ0n) is 10.1. The van der Waals surface area contributed by atoms with Gasteiger partial charge in [0.15, 0.2) is 0 Å². The van der Waals surface area contributed by atoms with Crippen molar-refractivity contribution in [2.75, 3.05) is 13.6 Å². The Balaban J connectivity index is 4.77. The van der Waals surface area contributed by atoms with E-state index in [0.29, 0.717) is 6.54 Å². The van der Waals surface area contributed by atoms with Crippen LogP contribution in [0.2, 0.25) is 0 Å². The minimum Gasteiger partial charge on any atom is -0.331 e. The zero-order chi connectivity index (χ0) is 12.0. The fourth-order valence-electron chi connectivity index (χ4n) is 1.62. The quantitative estimate of drug-likeness (QED) is 0.641. The molecule has 88 valence electrons. The van der Waals surface area contributed by atoms with E-state index in [2.05, 4.69) is 10.9 Å². The largest absolute Gasteiger partial charge is 0.331 e. The van der Waals surface area contributed by atoms with Crippen molar-refractivity contribution in [3.8, 4) is 0 Å². The van der Waals surface area contributed by atoms with E-state index in [1.54, 1.807) is 11.9 Å². The summed E-state index contributed by atoms with van der Waals surface area (Å²) in [6, 6.07) is -0.417. The van der Waals surface area contributed by atoms with Gasteiger partial charge in [-0.25, -0.2) is 5.43 Å². The van der Waals surface area contributed by atoms with Crippen LogP contribution in [0.1, 0.15) is 27.7 Å². The molecular weight excluding hydrogens is 194 g/mol. The number of hydrogen-bond donors (Lipinski definition) is 2. The molecule has 0 fully saturated rings. The summed E-state index contributed by atoms with van der Waals surface area (Å²) < 4.78 is 0. The van der Waals surface area contributed by atoms with Gasteiger partial charge in [0.1, 0.15) is 6.04 Å². The second-order valence-corrected chi connectivity index (χ2v) is 3.73. The Hall–Kier alpha value is -1.10. The van der Waals surface area contributed by atoms with E-state index < -0.39 is 6.04 Å². The Morgan fingerprint density at radius 1 is 1.33 bits per heavy atom. The van der Waals surface area contributed by atoms with Gasteiger partial charge in [-0.1, -0.05) is 13.8 Å². The lowest BCUT2D eigenvalue weighted by Crippen LogP contribution is -2.53. The molecule has 0 saturated carbocycles. The first-order chi connectivity index (χ1) is 6.95. The van der Waals surface area contributed by atoms with Gasteiger partial charge in [0.25, 0.3) is 5.91 Å². The lowest BCUT2D eigenvalue weighted by molar-refractivity contribution is -0.140. The molecule has 2 amide bonds. The van der Waals surface area contributed by atoms with Gasteiger partial charge in [0.05, 0.1) is 0 Å². The van der Waals surface area contributed by atoms with Crippen molar-refractivity contribution in [1.29, 1.82) is 0 Å². The highest BCUT2D eigenvalue weighted by atomic mass is 16.2. The zero-order valence-corrected chi connectivity index (χ0v) is 10.1. The van der Waals surface area contributed by atoms with Crippen LogP contribution in [0, 0.1) is 5.92 Å². The molecule has 0 bridgehead atoms. The molecule has 0 radical (unpaired) electrons. The smallest absolute Gasteiger partial charge is 0.257 e. The van der Waals surface area contributed by atoms with Crippen molar-refractivity contribution < 1.29 is 9.59 Å². The Morgan fingerprint density at radius 3 is 2.13 bits per heavy atom. The second-order valence-electron chi connectivity index (χ2n) is 3.73. The highest BCUT2D eigenvalue weighted by Gasteiger charge is 2.29. The van der Waals surface area contributed by atoms with Crippen molar-refractivity contribution >= 4 is 11.8 Å². The highest BCUT2D eigenvalue weighted by molar-refractivity contribution is 5.86. The fourth-order valence-corrected chi connectivity index (χ4v) is 1.62. The number of nitrogens with one attached hydrogen (secondary N) is 2. The Labute approximate surface area is 91.2 Å². The van der Waals surface area contributed by atoms with E-state index >= 15 is 0 Å². The minimum atomic E-state index is -0.417. The average Bonchev–Trinajstić information content (AvgIpc) is 2.12. The molecule has 15 heavy (non-hydrogen) atoms. The number of nitrogens with zero attached hydrogens (tertiary/aromatic N) is 1. The van der Waals surface area contributed by atoms with E-state index in [0.717, 1.165) is 0 Å². The number of hydrazine groups is 1. The van der Waals surface area contributed by atoms with E-state index in [9.17, 15) is 9.59 Å². The van der Waals surface area contributed by atoms with Crippen LogP contribution in [0.5, 0.6) is 0 Å². The Morgan fingerprint density at radius 2 is 1.87 bits per heavy atom. The maximum absolute atomic E-state index is 11.7. The molecule has 0 aliphatic rings. The fraction of sp³-hybridized carbons (Fsp3) is 0.800. The topological polar surface area (TPSA) is 61.4 Å². The first-order valence-corrected chi connectivity index (χ1v) is 5.19. The third kappa shape index (κ3) is 3.87. The van der Waals surface area contributed by atoms with Gasteiger partial charge in [0.2, 0.25) is 5.91 Å². The van der Waals surface area contributed by atoms with Crippen LogP contribution in [-0.4, -0.2) is 36.3 Å². The molecule has 5 heteroatoms. The maximum atomic E-state index is 11.7. The summed E-state index contributed by atoms with van der Waals surface area (Å²) in [7, 11) is 1.62. The van der Waals surface area contributed by atoms with E-state index in [4.69, 9.17) is 0 Å². The summed E-state index contributed by atoms with van der Waals surface area (Å²) >= 11 is 0. The number of rotatable bonds is 5. The molecule has 0 rings (SSSR count). The lowest BCUT2D eigenvalue weighted by Gasteiger charge is -2.31. The normalized spacial score (nSPS) is 12.4. The van der Waals surface area contributed by atoms with Gasteiger partial charge in [-0.3, -0.25) is 15.0 Å². The number of carbonyl (C=O) groups excluding carboxylic acids is 2. The van der Waals surface area contributed by atoms with Gasteiger partial charge in [-0.15, -0.1) is 0 Å². The van der Waals surface area contributed by atoms with Gasteiger partial charge in [-0.2, -0.15) is 0 Å². The van der Waals surface area contributed by atoms with Crippen LogP contribution >= 0.6 is 0 Å². The molecule has 1 atom stereocenters. The summed E-state index contributed by atoms with van der Waals surface area (Å²) in [5.41, 5.74) is 5.10. The van der Waals surface area contributed by atoms with Crippen LogP contribution in [0.4, 0.5) is 0 Å². The highest BCUT2D eigenvalue weighted by Crippen LogP contribution is 2.11. The first kappa shape index (κ1) is 13.9. The number of hydrogen-bond acceptors (Lipinski definition) is 3. The van der Waals surface area contributed by atoms with Crippen LogP contribution < -0.4 is 10.9 Å². The van der Waals surface area contributed by atoms with Gasteiger partial charge in [-0.05, 0) is 12.8 Å². The third-order valence-corrected chi connectivity index (χ3v) is 2.23. The molecule has 2 N–H and O–H groups in total. The molecular formula is C10H21N3O2. The number of carbonyl (C=O) groups is 2. The van der Waals surface area contributed by atoms with Crippen LogP contribution in [0.3, 0.4) is 0 Å². The van der Waals surface area contributed by atoms with E-state index in [1.165, 1.54) is 6.92 Å². The molecule has 0 saturated heterocycles. The molecule has 0 aromatic carbocycles. The standard InChI is InChI=1S/C10H21N3O2/c1-6-13(8(4)14)9(7(2)3)10(15)12-11-5/h7,9,11H,6H2,1-5H3,(H,12,15). The predicted molar refractivity (Wildman–Crippen MR) is 58.9 cm³/mol. The van der Waals surface area contributed by atoms with Gasteiger partial charge < -0.3 is 4.90 Å². The summed E-state index contributed by atoms with van der Waals surface area (Å²) in [4.78, 5) is 24.6. The predicted octanol–water partition coefficient (Wildman–Crippen LogP) is 0.130. The molecule has 0 aromatic rings. The van der Waals surface area contributed by atoms with Crippen molar-refractivity contribution in [2.45, 2.75) is 33.7 Å². The van der Waals surface area contributed by atoms with Crippen molar-refractivity contribution in [3.63, 3.8) is 0 Å². The number of amides is 2. The van der Waals surface area contributed by atoms with E-state index in [1.807, 2.05) is 20.8 Å². The van der Waals surface area contributed by atoms with Crippen LogP contribution in [-0.2, 0) is 9.59 Å². The van der Waals surface area contributed by atoms with Crippen LogP contribution in [0.15, 0.2) is 0 Å². The molecule has 0 heterocycles. The molecule has 1 unspecified atom stereocenters. The molecule has 0 aliphatic heterocycles.